The number of furan rings is 1. The van der Waals surface area contributed by atoms with E-state index in [1.54, 1.807) is 10.6 Å². The standard InChI is InChI=1S/C16H27N3O4S/c20-24(21,14-2-4-17-9-12-22-13-10-17)19-7-5-18(6-8-19)15-16-3-1-11-23-16/h1,3,11H,2,4-10,12-15H2. The van der Waals surface area contributed by atoms with E-state index in [-0.39, 0.29) is 5.75 Å². The van der Waals surface area contributed by atoms with Crippen LogP contribution < -0.4 is 0 Å². The monoisotopic (exact) mass is 357 g/mol. The number of piperazine rings is 1. The Morgan fingerprint density at radius 2 is 1.75 bits per heavy atom. The summed E-state index contributed by atoms with van der Waals surface area (Å²) in [6.07, 6.45) is 2.36. The molecular weight excluding hydrogens is 330 g/mol. The fraction of sp³-hybridized carbons (Fsp3) is 0.750. The van der Waals surface area contributed by atoms with Gasteiger partial charge in [-0.25, -0.2) is 8.42 Å². The number of rotatable bonds is 7. The van der Waals surface area contributed by atoms with Crippen LogP contribution in [0.1, 0.15) is 12.2 Å². The molecule has 2 aliphatic heterocycles. The van der Waals surface area contributed by atoms with Crippen LogP contribution in [0.25, 0.3) is 0 Å². The number of hydrogen-bond donors (Lipinski definition) is 0. The average Bonchev–Trinajstić information content (AvgIpc) is 3.09. The summed E-state index contributed by atoms with van der Waals surface area (Å²) in [6, 6.07) is 3.83. The van der Waals surface area contributed by atoms with E-state index in [2.05, 4.69) is 9.80 Å². The van der Waals surface area contributed by atoms with Gasteiger partial charge in [0.1, 0.15) is 5.76 Å². The van der Waals surface area contributed by atoms with Gasteiger partial charge < -0.3 is 9.15 Å². The molecule has 0 unspecified atom stereocenters. The van der Waals surface area contributed by atoms with Gasteiger partial charge in [0.15, 0.2) is 0 Å². The highest BCUT2D eigenvalue weighted by molar-refractivity contribution is 7.89. The Morgan fingerprint density at radius 3 is 2.42 bits per heavy atom. The van der Waals surface area contributed by atoms with Crippen molar-refractivity contribution >= 4 is 10.0 Å². The van der Waals surface area contributed by atoms with Crippen LogP contribution in [0.4, 0.5) is 0 Å². The Labute approximate surface area is 144 Å². The molecule has 0 bridgehead atoms. The first-order valence-corrected chi connectivity index (χ1v) is 10.3. The first kappa shape index (κ1) is 17.9. The summed E-state index contributed by atoms with van der Waals surface area (Å²) < 4.78 is 37.3. The lowest BCUT2D eigenvalue weighted by molar-refractivity contribution is 0.0380. The molecule has 0 N–H and O–H groups in total. The molecule has 8 heteroatoms. The minimum Gasteiger partial charge on any atom is -0.468 e. The van der Waals surface area contributed by atoms with Gasteiger partial charge in [0.25, 0.3) is 0 Å². The van der Waals surface area contributed by atoms with Crippen LogP contribution in [-0.2, 0) is 21.3 Å². The van der Waals surface area contributed by atoms with E-state index >= 15 is 0 Å². The van der Waals surface area contributed by atoms with Crippen molar-refractivity contribution in [2.24, 2.45) is 0 Å². The highest BCUT2D eigenvalue weighted by atomic mass is 32.2. The van der Waals surface area contributed by atoms with Gasteiger partial charge in [0, 0.05) is 39.3 Å². The lowest BCUT2D eigenvalue weighted by Crippen LogP contribution is -2.49. The largest absolute Gasteiger partial charge is 0.468 e. The average molecular weight is 357 g/mol. The lowest BCUT2D eigenvalue weighted by atomic mass is 10.3. The van der Waals surface area contributed by atoms with Crippen LogP contribution in [0, 0.1) is 0 Å². The van der Waals surface area contributed by atoms with Crippen LogP contribution in [0.15, 0.2) is 22.8 Å². The Hall–Kier alpha value is -0.930. The molecule has 1 aromatic rings. The van der Waals surface area contributed by atoms with Crippen LogP contribution in [0.3, 0.4) is 0 Å². The predicted molar refractivity (Wildman–Crippen MR) is 91.2 cm³/mol. The van der Waals surface area contributed by atoms with Crippen LogP contribution in [0.5, 0.6) is 0 Å². The maximum absolute atomic E-state index is 12.5. The van der Waals surface area contributed by atoms with Crippen molar-refractivity contribution in [2.75, 3.05) is 64.8 Å². The summed E-state index contributed by atoms with van der Waals surface area (Å²) in [7, 11) is -3.14. The molecule has 0 radical (unpaired) electrons. The zero-order valence-corrected chi connectivity index (χ0v) is 14.9. The van der Waals surface area contributed by atoms with E-state index in [0.717, 1.165) is 58.2 Å². The lowest BCUT2D eigenvalue weighted by Gasteiger charge is -2.33. The first-order chi connectivity index (χ1) is 11.6. The van der Waals surface area contributed by atoms with Gasteiger partial charge in [0.2, 0.25) is 10.0 Å². The fourth-order valence-corrected chi connectivity index (χ4v) is 4.68. The Kier molecular flexibility index (Phi) is 6.29. The summed E-state index contributed by atoms with van der Waals surface area (Å²) in [5.74, 6) is 1.17. The number of ether oxygens (including phenoxy) is 1. The van der Waals surface area contributed by atoms with Crippen LogP contribution in [0.2, 0.25) is 0 Å². The van der Waals surface area contributed by atoms with Gasteiger partial charge in [-0.15, -0.1) is 0 Å². The molecule has 1 aromatic heterocycles. The molecule has 0 amide bonds. The summed E-state index contributed by atoms with van der Waals surface area (Å²) in [6.45, 7) is 7.55. The molecule has 2 saturated heterocycles. The molecule has 0 atom stereocenters. The molecule has 24 heavy (non-hydrogen) atoms. The van der Waals surface area contributed by atoms with E-state index in [1.807, 2.05) is 12.1 Å². The number of sulfonamides is 1. The predicted octanol–water partition coefficient (Wildman–Crippen LogP) is 0.449. The van der Waals surface area contributed by atoms with Crippen molar-refractivity contribution in [1.29, 1.82) is 0 Å². The van der Waals surface area contributed by atoms with E-state index in [1.165, 1.54) is 0 Å². The topological polar surface area (TPSA) is 66.2 Å². The third kappa shape index (κ3) is 5.03. The highest BCUT2D eigenvalue weighted by Crippen LogP contribution is 2.13. The normalized spacial score (nSPS) is 22.0. The summed E-state index contributed by atoms with van der Waals surface area (Å²) in [5.41, 5.74) is 0. The molecule has 3 heterocycles. The molecule has 136 valence electrons. The van der Waals surface area contributed by atoms with Crippen LogP contribution in [-0.4, -0.2) is 87.3 Å². The zero-order chi connectivity index (χ0) is 16.8. The van der Waals surface area contributed by atoms with Gasteiger partial charge >= 0.3 is 0 Å². The van der Waals surface area contributed by atoms with E-state index in [4.69, 9.17) is 9.15 Å². The van der Waals surface area contributed by atoms with Gasteiger partial charge in [-0.3, -0.25) is 9.80 Å². The Morgan fingerprint density at radius 1 is 1.00 bits per heavy atom. The van der Waals surface area contributed by atoms with Gasteiger partial charge in [-0.2, -0.15) is 4.31 Å². The van der Waals surface area contributed by atoms with E-state index in [0.29, 0.717) is 19.5 Å². The SMILES string of the molecule is O=S(=O)(CCCN1CCOCC1)N1CCN(Cc2ccco2)CC1. The van der Waals surface area contributed by atoms with E-state index < -0.39 is 10.0 Å². The van der Waals surface area contributed by atoms with Gasteiger partial charge in [-0.05, 0) is 25.1 Å². The first-order valence-electron chi connectivity index (χ1n) is 8.66. The van der Waals surface area contributed by atoms with Crippen molar-refractivity contribution in [1.82, 2.24) is 14.1 Å². The maximum Gasteiger partial charge on any atom is 0.214 e. The summed E-state index contributed by atoms with van der Waals surface area (Å²) >= 11 is 0. The number of nitrogens with zero attached hydrogens (tertiary/aromatic N) is 3. The van der Waals surface area contributed by atoms with Crippen molar-refractivity contribution in [3.63, 3.8) is 0 Å². The fourth-order valence-electron chi connectivity index (χ4n) is 3.21. The Bertz CT molecular complexity index is 576. The molecule has 2 fully saturated rings. The minimum absolute atomic E-state index is 0.239. The maximum atomic E-state index is 12.5. The van der Waals surface area contributed by atoms with Crippen molar-refractivity contribution in [3.05, 3.63) is 24.2 Å². The molecule has 0 aromatic carbocycles. The second-order valence-electron chi connectivity index (χ2n) is 6.38. The number of morpholine rings is 1. The van der Waals surface area contributed by atoms with Crippen molar-refractivity contribution in [2.45, 2.75) is 13.0 Å². The van der Waals surface area contributed by atoms with Crippen molar-refractivity contribution in [3.8, 4) is 0 Å². The molecule has 3 rings (SSSR count). The van der Waals surface area contributed by atoms with Gasteiger partial charge in [-0.1, -0.05) is 0 Å². The van der Waals surface area contributed by atoms with E-state index in [9.17, 15) is 8.42 Å². The van der Waals surface area contributed by atoms with Crippen LogP contribution >= 0.6 is 0 Å². The second kappa shape index (κ2) is 8.44. The molecule has 7 nitrogen and oxygen atoms in total. The van der Waals surface area contributed by atoms with Gasteiger partial charge in [0.05, 0.1) is 31.8 Å². The third-order valence-corrected chi connectivity index (χ3v) is 6.62. The highest BCUT2D eigenvalue weighted by Gasteiger charge is 2.27. The summed E-state index contributed by atoms with van der Waals surface area (Å²) in [5, 5.41) is 0. The molecule has 0 spiro atoms. The molecule has 2 aliphatic rings. The zero-order valence-electron chi connectivity index (χ0n) is 14.1. The second-order valence-corrected chi connectivity index (χ2v) is 8.47. The molecule has 0 saturated carbocycles. The molecular formula is C16H27N3O4S. The smallest absolute Gasteiger partial charge is 0.214 e. The quantitative estimate of drug-likeness (QED) is 0.706. The Balaban J connectivity index is 1.39. The minimum atomic E-state index is -3.14. The third-order valence-electron chi connectivity index (χ3n) is 4.66. The number of hydrogen-bond acceptors (Lipinski definition) is 6. The summed E-state index contributed by atoms with van der Waals surface area (Å²) in [4.78, 5) is 4.51. The van der Waals surface area contributed by atoms with Crippen molar-refractivity contribution < 1.29 is 17.6 Å². The molecule has 0 aliphatic carbocycles.